The Labute approximate surface area is 54.7 Å². The van der Waals surface area contributed by atoms with E-state index in [1.165, 1.54) is 0 Å². The predicted molar refractivity (Wildman–Crippen MR) is 38.1 cm³/mol. The monoisotopic (exact) mass is 122 g/mol. The second-order valence-corrected chi connectivity index (χ2v) is 2.15. The first kappa shape index (κ1) is 6.08. The molecule has 0 radical (unpaired) electrons. The first-order chi connectivity index (χ1) is 4.20. The maximum absolute atomic E-state index is 5.51. The van der Waals surface area contributed by atoms with Gasteiger partial charge >= 0.3 is 0 Å². The van der Waals surface area contributed by atoms with Crippen molar-refractivity contribution >= 4 is 5.82 Å². The predicted octanol–water partition coefficient (Wildman–Crippen LogP) is 1.28. The molecule has 1 aromatic rings. The molecule has 0 aromatic carbocycles. The molecule has 0 aliphatic rings. The van der Waals surface area contributed by atoms with Crippen LogP contribution in [0.3, 0.4) is 0 Å². The quantitative estimate of drug-likeness (QED) is 0.563. The van der Waals surface area contributed by atoms with E-state index in [4.69, 9.17) is 5.73 Å². The maximum Gasteiger partial charge on any atom is 0.126 e. The van der Waals surface area contributed by atoms with E-state index in [-0.39, 0.29) is 0 Å². The van der Waals surface area contributed by atoms with Crippen LogP contribution in [0.4, 0.5) is 5.82 Å². The Morgan fingerprint density at radius 3 is 2.44 bits per heavy atom. The summed E-state index contributed by atoms with van der Waals surface area (Å²) in [7, 11) is 0. The van der Waals surface area contributed by atoms with Gasteiger partial charge in [0.05, 0.1) is 0 Å². The normalized spacial score (nSPS) is 9.56. The highest BCUT2D eigenvalue weighted by molar-refractivity contribution is 5.38. The highest BCUT2D eigenvalue weighted by Crippen LogP contribution is 2.05. The third-order valence-corrected chi connectivity index (χ3v) is 1.28. The zero-order valence-electron chi connectivity index (χ0n) is 5.68. The molecule has 0 fully saturated rings. The zero-order chi connectivity index (χ0) is 6.85. The first-order valence-electron chi connectivity index (χ1n) is 2.90. The number of hydrogen-bond acceptors (Lipinski definition) is 2. The molecule has 2 nitrogen and oxygen atoms in total. The van der Waals surface area contributed by atoms with Crippen molar-refractivity contribution in [1.82, 2.24) is 4.98 Å². The van der Waals surface area contributed by atoms with Crippen molar-refractivity contribution < 1.29 is 0 Å². The van der Waals surface area contributed by atoms with E-state index in [2.05, 4.69) is 4.98 Å². The minimum absolute atomic E-state index is 0.634. The number of aryl methyl sites for hydroxylation is 2. The summed E-state index contributed by atoms with van der Waals surface area (Å²) in [5.74, 6) is 0.634. The summed E-state index contributed by atoms with van der Waals surface area (Å²) in [5.41, 5.74) is 7.52. The Bertz CT molecular complexity index is 218. The molecule has 1 aromatic heterocycles. The summed E-state index contributed by atoms with van der Waals surface area (Å²) in [5, 5.41) is 0. The second kappa shape index (κ2) is 2.05. The van der Waals surface area contributed by atoms with Crippen LogP contribution in [0.15, 0.2) is 12.1 Å². The number of rotatable bonds is 0. The zero-order valence-corrected chi connectivity index (χ0v) is 5.68. The summed E-state index contributed by atoms with van der Waals surface area (Å²) in [6.45, 7) is 3.87. The van der Waals surface area contributed by atoms with Gasteiger partial charge in [-0.25, -0.2) is 4.98 Å². The Hall–Kier alpha value is -1.05. The molecule has 0 aliphatic heterocycles. The summed E-state index contributed by atoms with van der Waals surface area (Å²) < 4.78 is 0. The van der Waals surface area contributed by atoms with Crippen LogP contribution < -0.4 is 5.73 Å². The van der Waals surface area contributed by atoms with E-state index in [1.54, 1.807) is 0 Å². The summed E-state index contributed by atoms with van der Waals surface area (Å²) in [4.78, 5) is 4.05. The lowest BCUT2D eigenvalue weighted by molar-refractivity contribution is 1.18. The Balaban J connectivity index is 3.17. The lowest BCUT2D eigenvalue weighted by Crippen LogP contribution is -1.94. The molecule has 0 atom stereocenters. The van der Waals surface area contributed by atoms with Crippen molar-refractivity contribution in [3.05, 3.63) is 23.4 Å². The molecule has 2 N–H and O–H groups in total. The topological polar surface area (TPSA) is 38.9 Å². The van der Waals surface area contributed by atoms with E-state index in [9.17, 15) is 0 Å². The van der Waals surface area contributed by atoms with Crippen molar-refractivity contribution in [2.75, 3.05) is 5.73 Å². The maximum atomic E-state index is 5.51. The second-order valence-electron chi connectivity index (χ2n) is 2.15. The van der Waals surface area contributed by atoms with E-state index < -0.39 is 0 Å². The van der Waals surface area contributed by atoms with Crippen molar-refractivity contribution in [1.29, 1.82) is 0 Å². The number of aromatic nitrogens is 1. The molecule has 0 bridgehead atoms. The number of nitrogens with two attached hydrogens (primary N) is 1. The van der Waals surface area contributed by atoms with E-state index in [0.29, 0.717) is 5.82 Å². The molecular formula is C7H10N2. The van der Waals surface area contributed by atoms with Gasteiger partial charge in [-0.3, -0.25) is 0 Å². The molecule has 1 heterocycles. The average molecular weight is 122 g/mol. The number of nitrogens with zero attached hydrogens (tertiary/aromatic N) is 1. The average Bonchev–Trinajstić information content (AvgIpc) is 1.80. The fraction of sp³-hybridized carbons (Fsp3) is 0.286. The smallest absolute Gasteiger partial charge is 0.126 e. The SMILES string of the molecule is Cc1ccc(C)c(N)n1. The molecule has 1 rings (SSSR count). The van der Waals surface area contributed by atoms with Gasteiger partial charge in [0, 0.05) is 5.69 Å². The van der Waals surface area contributed by atoms with Crippen molar-refractivity contribution in [2.24, 2.45) is 0 Å². The van der Waals surface area contributed by atoms with Gasteiger partial charge in [0.25, 0.3) is 0 Å². The number of nitrogen functional groups attached to an aromatic ring is 1. The molecule has 0 spiro atoms. The van der Waals surface area contributed by atoms with E-state index >= 15 is 0 Å². The van der Waals surface area contributed by atoms with Crippen molar-refractivity contribution in [2.45, 2.75) is 13.8 Å². The van der Waals surface area contributed by atoms with E-state index in [0.717, 1.165) is 11.3 Å². The van der Waals surface area contributed by atoms with Gasteiger partial charge in [-0.15, -0.1) is 0 Å². The van der Waals surface area contributed by atoms with Gasteiger partial charge in [-0.1, -0.05) is 6.07 Å². The standard InChI is InChI=1S/C7H10N2/c1-5-3-4-6(2)9-7(5)8/h3-4H,1-2H3,(H2,8,9). The fourth-order valence-corrected chi connectivity index (χ4v) is 0.646. The lowest BCUT2D eigenvalue weighted by Gasteiger charge is -1.97. The van der Waals surface area contributed by atoms with Crippen LogP contribution in [0.25, 0.3) is 0 Å². The van der Waals surface area contributed by atoms with Crippen LogP contribution in [-0.2, 0) is 0 Å². The summed E-state index contributed by atoms with van der Waals surface area (Å²) in [6.07, 6.45) is 0. The Morgan fingerprint density at radius 1 is 1.33 bits per heavy atom. The van der Waals surface area contributed by atoms with Gasteiger partial charge in [0.15, 0.2) is 0 Å². The molecule has 48 valence electrons. The van der Waals surface area contributed by atoms with Crippen LogP contribution in [0, 0.1) is 13.8 Å². The highest BCUT2D eigenvalue weighted by Gasteiger charge is 1.91. The van der Waals surface area contributed by atoms with E-state index in [1.807, 2.05) is 26.0 Å². The highest BCUT2D eigenvalue weighted by atomic mass is 14.8. The number of anilines is 1. The first-order valence-corrected chi connectivity index (χ1v) is 2.90. The summed E-state index contributed by atoms with van der Waals surface area (Å²) >= 11 is 0. The number of hydrogen-bond donors (Lipinski definition) is 1. The molecule has 0 saturated heterocycles. The Morgan fingerprint density at radius 2 is 2.00 bits per heavy atom. The molecule has 0 unspecified atom stereocenters. The van der Waals surface area contributed by atoms with Gasteiger partial charge in [-0.05, 0) is 25.5 Å². The van der Waals surface area contributed by atoms with Crippen LogP contribution >= 0.6 is 0 Å². The van der Waals surface area contributed by atoms with Crippen LogP contribution in [-0.4, -0.2) is 4.98 Å². The third kappa shape index (κ3) is 1.19. The van der Waals surface area contributed by atoms with Crippen molar-refractivity contribution in [3.8, 4) is 0 Å². The van der Waals surface area contributed by atoms with Gasteiger partial charge in [0.2, 0.25) is 0 Å². The molecule has 2 heteroatoms. The van der Waals surface area contributed by atoms with Gasteiger partial charge < -0.3 is 5.73 Å². The fourth-order valence-electron chi connectivity index (χ4n) is 0.646. The Kier molecular flexibility index (Phi) is 1.39. The number of pyridine rings is 1. The lowest BCUT2D eigenvalue weighted by atomic mass is 10.2. The van der Waals surface area contributed by atoms with Crippen LogP contribution in [0.1, 0.15) is 11.3 Å². The van der Waals surface area contributed by atoms with Crippen molar-refractivity contribution in [3.63, 3.8) is 0 Å². The van der Waals surface area contributed by atoms with Crippen LogP contribution in [0.5, 0.6) is 0 Å². The van der Waals surface area contributed by atoms with Gasteiger partial charge in [0.1, 0.15) is 5.82 Å². The molecule has 0 saturated carbocycles. The molecule has 9 heavy (non-hydrogen) atoms. The van der Waals surface area contributed by atoms with Crippen LogP contribution in [0.2, 0.25) is 0 Å². The minimum Gasteiger partial charge on any atom is -0.383 e. The molecule has 0 aliphatic carbocycles. The summed E-state index contributed by atoms with van der Waals surface area (Å²) in [6, 6.07) is 3.92. The molecular weight excluding hydrogens is 112 g/mol. The minimum atomic E-state index is 0.634. The van der Waals surface area contributed by atoms with Gasteiger partial charge in [-0.2, -0.15) is 0 Å². The third-order valence-electron chi connectivity index (χ3n) is 1.28. The largest absolute Gasteiger partial charge is 0.383 e. The molecule has 0 amide bonds.